The van der Waals surface area contributed by atoms with Crippen molar-refractivity contribution in [2.24, 2.45) is 7.05 Å². The molecule has 1 unspecified atom stereocenters. The third kappa shape index (κ3) is 3.79. The van der Waals surface area contributed by atoms with Crippen LogP contribution in [0.3, 0.4) is 0 Å². The molecule has 3 aromatic carbocycles. The molecule has 5 rings (SSSR count). The van der Waals surface area contributed by atoms with Crippen molar-refractivity contribution in [3.63, 3.8) is 0 Å². The number of fused-ring (bicyclic) bond motifs is 2. The van der Waals surface area contributed by atoms with Crippen LogP contribution in [0.2, 0.25) is 0 Å². The second-order valence-electron chi connectivity index (χ2n) is 8.67. The minimum absolute atomic E-state index is 0.00986. The van der Waals surface area contributed by atoms with Crippen molar-refractivity contribution in [3.8, 4) is 11.5 Å². The zero-order valence-electron chi connectivity index (χ0n) is 19.5. The van der Waals surface area contributed by atoms with Gasteiger partial charge in [0.25, 0.3) is 5.91 Å². The zero-order chi connectivity index (χ0) is 23.8. The van der Waals surface area contributed by atoms with E-state index in [1.165, 1.54) is 12.1 Å². The molecule has 6 heteroatoms. The molecule has 1 aromatic heterocycles. The Labute approximate surface area is 198 Å². The fourth-order valence-corrected chi connectivity index (χ4v) is 5.00. The second kappa shape index (κ2) is 8.86. The zero-order valence-corrected chi connectivity index (χ0v) is 19.5. The lowest BCUT2D eigenvalue weighted by molar-refractivity contribution is 0.0661. The van der Waals surface area contributed by atoms with E-state index >= 15 is 0 Å². The number of aromatic nitrogens is 1. The summed E-state index contributed by atoms with van der Waals surface area (Å²) < 4.78 is 26.6. The van der Waals surface area contributed by atoms with Gasteiger partial charge in [0, 0.05) is 30.7 Å². The molecular formula is C28H27FN2O3. The number of halogens is 1. The Hall–Kier alpha value is -3.80. The summed E-state index contributed by atoms with van der Waals surface area (Å²) in [6.07, 6.45) is 3.19. The van der Waals surface area contributed by atoms with Gasteiger partial charge in [-0.2, -0.15) is 0 Å². The SMILES string of the molecule is COc1cc2c(cc1OC)C(Cc1ccc(F)cc1)N(C(=O)c1cn(C)c3ccccc13)CC2. The van der Waals surface area contributed by atoms with Crippen LogP contribution in [-0.2, 0) is 19.9 Å². The van der Waals surface area contributed by atoms with Gasteiger partial charge >= 0.3 is 0 Å². The molecule has 34 heavy (non-hydrogen) atoms. The molecule has 0 bridgehead atoms. The van der Waals surface area contributed by atoms with Gasteiger partial charge in [-0.1, -0.05) is 30.3 Å². The minimum atomic E-state index is -0.275. The van der Waals surface area contributed by atoms with Crippen molar-refractivity contribution in [1.82, 2.24) is 9.47 Å². The Morgan fingerprint density at radius 1 is 1.03 bits per heavy atom. The Morgan fingerprint density at radius 2 is 1.74 bits per heavy atom. The number of carbonyl (C=O) groups excluding carboxylic acids is 1. The summed E-state index contributed by atoms with van der Waals surface area (Å²) in [6, 6.07) is 18.2. The highest BCUT2D eigenvalue weighted by Gasteiger charge is 2.34. The number of hydrogen-bond donors (Lipinski definition) is 0. The average Bonchev–Trinajstić information content (AvgIpc) is 3.20. The van der Waals surface area contributed by atoms with E-state index in [2.05, 4.69) is 0 Å². The third-order valence-corrected chi connectivity index (χ3v) is 6.73. The molecule has 1 aliphatic rings. The molecule has 0 aliphatic carbocycles. The van der Waals surface area contributed by atoms with E-state index in [1.54, 1.807) is 26.4 Å². The van der Waals surface area contributed by atoms with Crippen LogP contribution in [0, 0.1) is 5.82 Å². The Kier molecular flexibility index (Phi) is 5.74. The van der Waals surface area contributed by atoms with Gasteiger partial charge in [-0.25, -0.2) is 4.39 Å². The maximum Gasteiger partial charge on any atom is 0.256 e. The predicted octanol–water partition coefficient (Wildman–Crippen LogP) is 5.32. The summed E-state index contributed by atoms with van der Waals surface area (Å²) in [7, 11) is 5.19. The fourth-order valence-electron chi connectivity index (χ4n) is 5.00. The molecule has 0 saturated heterocycles. The van der Waals surface area contributed by atoms with Crippen molar-refractivity contribution in [2.45, 2.75) is 18.9 Å². The number of methoxy groups -OCH3 is 2. The smallest absolute Gasteiger partial charge is 0.256 e. The number of rotatable bonds is 5. The summed E-state index contributed by atoms with van der Waals surface area (Å²) in [5, 5.41) is 0.939. The van der Waals surface area contributed by atoms with Crippen LogP contribution in [0.5, 0.6) is 11.5 Å². The van der Waals surface area contributed by atoms with Gasteiger partial charge in [-0.05, 0) is 59.9 Å². The summed E-state index contributed by atoms with van der Waals surface area (Å²) in [4.78, 5) is 15.9. The van der Waals surface area contributed by atoms with E-state index in [4.69, 9.17) is 9.47 Å². The van der Waals surface area contributed by atoms with Crippen molar-refractivity contribution in [1.29, 1.82) is 0 Å². The summed E-state index contributed by atoms with van der Waals surface area (Å²) >= 11 is 0. The van der Waals surface area contributed by atoms with Gasteiger partial charge in [0.2, 0.25) is 0 Å². The van der Waals surface area contributed by atoms with Crippen molar-refractivity contribution >= 4 is 16.8 Å². The van der Waals surface area contributed by atoms with Gasteiger partial charge < -0.3 is 18.9 Å². The molecule has 0 spiro atoms. The largest absolute Gasteiger partial charge is 0.493 e. The molecule has 174 valence electrons. The second-order valence-corrected chi connectivity index (χ2v) is 8.67. The Morgan fingerprint density at radius 3 is 2.47 bits per heavy atom. The molecule has 1 atom stereocenters. The van der Waals surface area contributed by atoms with Crippen molar-refractivity contribution in [2.75, 3.05) is 20.8 Å². The predicted molar refractivity (Wildman–Crippen MR) is 130 cm³/mol. The highest BCUT2D eigenvalue weighted by Crippen LogP contribution is 2.40. The van der Waals surface area contributed by atoms with Gasteiger partial charge in [-0.15, -0.1) is 0 Å². The summed E-state index contributed by atoms with van der Waals surface area (Å²) in [5.41, 5.74) is 4.83. The first-order valence-electron chi connectivity index (χ1n) is 11.3. The summed E-state index contributed by atoms with van der Waals surface area (Å²) in [6.45, 7) is 0.580. The molecule has 0 fully saturated rings. The van der Waals surface area contributed by atoms with Gasteiger partial charge in [0.05, 0.1) is 25.8 Å². The average molecular weight is 459 g/mol. The molecule has 2 heterocycles. The number of ether oxygens (including phenoxy) is 2. The van der Waals surface area contributed by atoms with E-state index in [0.29, 0.717) is 36.4 Å². The molecular weight excluding hydrogens is 431 g/mol. The minimum Gasteiger partial charge on any atom is -0.493 e. The van der Waals surface area contributed by atoms with Crippen LogP contribution in [0.4, 0.5) is 4.39 Å². The lowest BCUT2D eigenvalue weighted by Crippen LogP contribution is -2.41. The molecule has 0 N–H and O–H groups in total. The van der Waals surface area contributed by atoms with Gasteiger partial charge in [0.15, 0.2) is 11.5 Å². The highest BCUT2D eigenvalue weighted by atomic mass is 19.1. The van der Waals surface area contributed by atoms with Gasteiger partial charge in [0.1, 0.15) is 5.82 Å². The number of nitrogens with zero attached hydrogens (tertiary/aromatic N) is 2. The number of hydrogen-bond acceptors (Lipinski definition) is 3. The van der Waals surface area contributed by atoms with Crippen LogP contribution in [0.25, 0.3) is 10.9 Å². The topological polar surface area (TPSA) is 43.7 Å². The summed E-state index contributed by atoms with van der Waals surface area (Å²) in [5.74, 6) is 1.02. The molecule has 0 saturated carbocycles. The quantitative estimate of drug-likeness (QED) is 0.407. The molecule has 1 amide bonds. The van der Waals surface area contributed by atoms with E-state index in [1.807, 2.05) is 59.1 Å². The fraction of sp³-hybridized carbons (Fsp3) is 0.250. The number of carbonyl (C=O) groups is 1. The number of amides is 1. The van der Waals surface area contributed by atoms with Crippen LogP contribution in [0.15, 0.2) is 66.9 Å². The lowest BCUT2D eigenvalue weighted by Gasteiger charge is -2.38. The van der Waals surface area contributed by atoms with E-state index in [9.17, 15) is 9.18 Å². The van der Waals surface area contributed by atoms with Gasteiger partial charge in [-0.3, -0.25) is 4.79 Å². The first-order chi connectivity index (χ1) is 16.5. The molecule has 5 nitrogen and oxygen atoms in total. The Balaban J connectivity index is 1.60. The molecule has 0 radical (unpaired) electrons. The van der Waals surface area contributed by atoms with E-state index in [0.717, 1.165) is 27.6 Å². The Bertz CT molecular complexity index is 1360. The van der Waals surface area contributed by atoms with Crippen molar-refractivity contribution in [3.05, 3.63) is 94.9 Å². The number of aryl methyl sites for hydroxylation is 1. The lowest BCUT2D eigenvalue weighted by atomic mass is 9.87. The monoisotopic (exact) mass is 458 g/mol. The normalized spacial score (nSPS) is 15.3. The first kappa shape index (κ1) is 22.0. The van der Waals surface area contributed by atoms with Crippen LogP contribution in [0.1, 0.15) is 33.1 Å². The van der Waals surface area contributed by atoms with Crippen LogP contribution >= 0.6 is 0 Å². The van der Waals surface area contributed by atoms with Crippen LogP contribution in [-0.4, -0.2) is 36.1 Å². The molecule has 4 aromatic rings. The molecule has 1 aliphatic heterocycles. The van der Waals surface area contributed by atoms with E-state index < -0.39 is 0 Å². The number of benzene rings is 3. The van der Waals surface area contributed by atoms with Crippen molar-refractivity contribution < 1.29 is 18.7 Å². The third-order valence-electron chi connectivity index (χ3n) is 6.73. The first-order valence-corrected chi connectivity index (χ1v) is 11.3. The van der Waals surface area contributed by atoms with E-state index in [-0.39, 0.29) is 17.8 Å². The highest BCUT2D eigenvalue weighted by molar-refractivity contribution is 6.07. The maximum atomic E-state index is 14.0. The van der Waals surface area contributed by atoms with Crippen LogP contribution < -0.4 is 9.47 Å². The standard InChI is InChI=1S/C28H27FN2O3/c1-30-17-23(21-6-4-5-7-24(21)30)28(32)31-13-12-19-15-26(33-2)27(34-3)16-22(19)25(31)14-18-8-10-20(29)11-9-18/h4-11,15-17,25H,12-14H2,1-3H3. The maximum absolute atomic E-state index is 14.0. The number of para-hydroxylation sites is 1.